The molecule has 0 spiro atoms. The van der Waals surface area contributed by atoms with Gasteiger partial charge in [-0.3, -0.25) is 9.59 Å². The molecule has 0 bridgehead atoms. The average molecular weight is 458 g/mol. The van der Waals surface area contributed by atoms with Crippen molar-refractivity contribution in [2.45, 2.75) is 46.3 Å². The maximum absolute atomic E-state index is 13.1. The molecule has 1 unspecified atom stereocenters. The summed E-state index contributed by atoms with van der Waals surface area (Å²) in [5.41, 5.74) is 0.267. The van der Waals surface area contributed by atoms with Crippen LogP contribution >= 0.6 is 0 Å². The molecule has 0 saturated carbocycles. The Bertz CT molecular complexity index is 994. The number of amides is 1. The van der Waals surface area contributed by atoms with E-state index in [0.717, 1.165) is 0 Å². The Morgan fingerprint density at radius 2 is 1.91 bits per heavy atom. The molecular weight excluding hydrogens is 426 g/mol. The monoisotopic (exact) mass is 457 g/mol. The maximum atomic E-state index is 13.1. The molecule has 8 nitrogen and oxygen atoms in total. The van der Waals surface area contributed by atoms with Gasteiger partial charge in [0, 0.05) is 19.2 Å². The van der Waals surface area contributed by atoms with Crippen LogP contribution in [-0.2, 0) is 14.3 Å². The lowest BCUT2D eigenvalue weighted by atomic mass is 9.98. The van der Waals surface area contributed by atoms with E-state index in [1.54, 1.807) is 30.3 Å². The van der Waals surface area contributed by atoms with Crippen LogP contribution < -0.4 is 9.47 Å². The first-order valence-corrected chi connectivity index (χ1v) is 11.2. The highest BCUT2D eigenvalue weighted by molar-refractivity contribution is 6.46. The Morgan fingerprint density at radius 3 is 2.55 bits per heavy atom. The molecule has 178 valence electrons. The highest BCUT2D eigenvalue weighted by atomic mass is 16.5. The summed E-state index contributed by atoms with van der Waals surface area (Å²) in [7, 11) is 0. The van der Waals surface area contributed by atoms with E-state index >= 15 is 0 Å². The lowest BCUT2D eigenvalue weighted by molar-refractivity contribution is -0.140. The number of likely N-dealkylation sites (tertiary alicyclic amines) is 1. The standard InChI is InChI=1S/C25H31NO7/c1-5-30-17-10-11-18(20(15-17)31-6-2)23(27)21-22(19-9-7-13-33-19)26(25(29)24(21)28)12-8-14-32-16(3)4/h7,9-11,13,15-16,22,27H,5-6,8,12,14H2,1-4H3/b23-21-. The lowest BCUT2D eigenvalue weighted by Gasteiger charge is -2.23. The van der Waals surface area contributed by atoms with Gasteiger partial charge in [0.25, 0.3) is 11.7 Å². The van der Waals surface area contributed by atoms with E-state index in [1.807, 2.05) is 27.7 Å². The number of rotatable bonds is 11. The smallest absolute Gasteiger partial charge is 0.295 e. The lowest BCUT2D eigenvalue weighted by Crippen LogP contribution is -2.31. The zero-order valence-electron chi connectivity index (χ0n) is 19.5. The minimum atomic E-state index is -0.847. The highest BCUT2D eigenvalue weighted by Gasteiger charge is 2.47. The number of carbonyl (C=O) groups is 2. The summed E-state index contributed by atoms with van der Waals surface area (Å²) in [6.07, 6.45) is 2.08. The van der Waals surface area contributed by atoms with Crippen LogP contribution in [0.5, 0.6) is 11.5 Å². The fourth-order valence-corrected chi connectivity index (χ4v) is 3.78. The summed E-state index contributed by atoms with van der Waals surface area (Å²) >= 11 is 0. The number of benzene rings is 1. The van der Waals surface area contributed by atoms with Gasteiger partial charge in [0.1, 0.15) is 29.1 Å². The Morgan fingerprint density at radius 1 is 1.15 bits per heavy atom. The number of hydrogen-bond donors (Lipinski definition) is 1. The Hall–Kier alpha value is -3.26. The molecule has 1 N–H and O–H groups in total. The number of ketones is 1. The molecule has 0 aliphatic carbocycles. The predicted octanol–water partition coefficient (Wildman–Crippen LogP) is 4.31. The molecule has 33 heavy (non-hydrogen) atoms. The van der Waals surface area contributed by atoms with Crippen molar-refractivity contribution in [3.8, 4) is 11.5 Å². The Kier molecular flexibility index (Phi) is 8.16. The van der Waals surface area contributed by atoms with Crippen molar-refractivity contribution in [1.82, 2.24) is 4.90 Å². The number of Topliss-reactive ketones (excluding diaryl/α,β-unsaturated/α-hetero) is 1. The SMILES string of the molecule is CCOc1ccc(/C(O)=C2/C(=O)C(=O)N(CCCOC(C)C)C2c2ccco2)c(OCC)c1. The van der Waals surface area contributed by atoms with E-state index in [-0.39, 0.29) is 24.0 Å². The molecule has 8 heteroatoms. The second kappa shape index (κ2) is 11.0. The zero-order valence-corrected chi connectivity index (χ0v) is 19.5. The molecule has 1 aromatic carbocycles. The fourth-order valence-electron chi connectivity index (χ4n) is 3.78. The van der Waals surface area contributed by atoms with Gasteiger partial charge < -0.3 is 28.6 Å². The van der Waals surface area contributed by atoms with Crippen LogP contribution in [0.2, 0.25) is 0 Å². The molecule has 1 aromatic heterocycles. The van der Waals surface area contributed by atoms with Crippen LogP contribution in [-0.4, -0.2) is 54.2 Å². The van der Waals surface area contributed by atoms with Crippen molar-refractivity contribution in [1.29, 1.82) is 0 Å². The van der Waals surface area contributed by atoms with Crippen LogP contribution in [0.25, 0.3) is 5.76 Å². The third-order valence-electron chi connectivity index (χ3n) is 5.17. The second-order valence-electron chi connectivity index (χ2n) is 7.80. The molecule has 1 atom stereocenters. The maximum Gasteiger partial charge on any atom is 0.295 e. The topological polar surface area (TPSA) is 98.4 Å². The van der Waals surface area contributed by atoms with E-state index in [4.69, 9.17) is 18.6 Å². The number of carbonyl (C=O) groups excluding carboxylic acids is 2. The number of ether oxygens (including phenoxy) is 3. The fraction of sp³-hybridized carbons (Fsp3) is 0.440. The van der Waals surface area contributed by atoms with E-state index in [0.29, 0.717) is 49.1 Å². The van der Waals surface area contributed by atoms with Gasteiger partial charge in [-0.05, 0) is 58.4 Å². The molecule has 1 saturated heterocycles. The third-order valence-corrected chi connectivity index (χ3v) is 5.17. The quantitative estimate of drug-likeness (QED) is 0.232. The number of aliphatic hydroxyl groups excluding tert-OH is 1. The Labute approximate surface area is 193 Å². The second-order valence-corrected chi connectivity index (χ2v) is 7.80. The summed E-state index contributed by atoms with van der Waals surface area (Å²) < 4.78 is 22.4. The van der Waals surface area contributed by atoms with Crippen molar-refractivity contribution < 1.29 is 33.3 Å². The molecule has 1 aliphatic heterocycles. The normalized spacial score (nSPS) is 17.7. The molecular formula is C25H31NO7. The first kappa shape index (κ1) is 24.4. The summed E-state index contributed by atoms with van der Waals surface area (Å²) in [4.78, 5) is 27.4. The molecule has 1 amide bonds. The molecule has 0 radical (unpaired) electrons. The summed E-state index contributed by atoms with van der Waals surface area (Å²) in [5, 5.41) is 11.3. The van der Waals surface area contributed by atoms with Gasteiger partial charge in [-0.25, -0.2) is 0 Å². The van der Waals surface area contributed by atoms with Gasteiger partial charge in [-0.15, -0.1) is 0 Å². The Balaban J connectivity index is 2.03. The number of hydrogen-bond acceptors (Lipinski definition) is 7. The number of furan rings is 1. The number of aliphatic hydroxyl groups is 1. The molecule has 1 fully saturated rings. The molecule has 3 rings (SSSR count). The van der Waals surface area contributed by atoms with Gasteiger partial charge >= 0.3 is 0 Å². The zero-order chi connectivity index (χ0) is 24.0. The largest absolute Gasteiger partial charge is 0.507 e. The van der Waals surface area contributed by atoms with Crippen LogP contribution in [0, 0.1) is 0 Å². The third kappa shape index (κ3) is 5.39. The van der Waals surface area contributed by atoms with Crippen LogP contribution in [0.3, 0.4) is 0 Å². The minimum absolute atomic E-state index is 0.0372. The van der Waals surface area contributed by atoms with Gasteiger partial charge in [0.05, 0.1) is 36.7 Å². The van der Waals surface area contributed by atoms with Crippen molar-refractivity contribution in [3.05, 3.63) is 53.5 Å². The first-order valence-electron chi connectivity index (χ1n) is 11.2. The number of nitrogens with zero attached hydrogens (tertiary/aromatic N) is 1. The first-order chi connectivity index (χ1) is 15.9. The van der Waals surface area contributed by atoms with E-state index in [2.05, 4.69) is 0 Å². The van der Waals surface area contributed by atoms with Crippen LogP contribution in [0.1, 0.15) is 51.5 Å². The minimum Gasteiger partial charge on any atom is -0.507 e. The summed E-state index contributed by atoms with van der Waals surface area (Å²) in [6, 6.07) is 7.48. The van der Waals surface area contributed by atoms with Crippen molar-refractivity contribution >= 4 is 17.4 Å². The van der Waals surface area contributed by atoms with Crippen molar-refractivity contribution in [3.63, 3.8) is 0 Å². The van der Waals surface area contributed by atoms with Gasteiger partial charge in [0.15, 0.2) is 0 Å². The van der Waals surface area contributed by atoms with Gasteiger partial charge in [-0.2, -0.15) is 0 Å². The van der Waals surface area contributed by atoms with E-state index in [9.17, 15) is 14.7 Å². The molecule has 2 aromatic rings. The van der Waals surface area contributed by atoms with Gasteiger partial charge in [-0.1, -0.05) is 0 Å². The van der Waals surface area contributed by atoms with Crippen LogP contribution in [0.15, 0.2) is 46.6 Å². The summed E-state index contributed by atoms with van der Waals surface area (Å²) in [5.74, 6) is -0.450. The van der Waals surface area contributed by atoms with Crippen LogP contribution in [0.4, 0.5) is 0 Å². The van der Waals surface area contributed by atoms with Gasteiger partial charge in [0.2, 0.25) is 0 Å². The van der Waals surface area contributed by atoms with Crippen molar-refractivity contribution in [2.24, 2.45) is 0 Å². The summed E-state index contributed by atoms with van der Waals surface area (Å²) in [6.45, 7) is 9.09. The molecule has 1 aliphatic rings. The highest BCUT2D eigenvalue weighted by Crippen LogP contribution is 2.41. The average Bonchev–Trinajstić information content (AvgIpc) is 3.39. The van der Waals surface area contributed by atoms with E-state index in [1.165, 1.54) is 11.2 Å². The molecule has 2 heterocycles. The predicted molar refractivity (Wildman–Crippen MR) is 122 cm³/mol. The van der Waals surface area contributed by atoms with Crippen molar-refractivity contribution in [2.75, 3.05) is 26.4 Å². The van der Waals surface area contributed by atoms with E-state index < -0.39 is 17.7 Å².